The van der Waals surface area contributed by atoms with E-state index in [4.69, 9.17) is 23.2 Å². The molecule has 0 saturated carbocycles. The second kappa shape index (κ2) is 7.71. The van der Waals surface area contributed by atoms with E-state index < -0.39 is 10.0 Å². The van der Waals surface area contributed by atoms with Gasteiger partial charge in [0.15, 0.2) is 0 Å². The Morgan fingerprint density at radius 1 is 0.931 bits per heavy atom. The minimum Gasteiger partial charge on any atom is -0.308 e. The van der Waals surface area contributed by atoms with Crippen molar-refractivity contribution >= 4 is 50.5 Å². The predicted octanol–water partition coefficient (Wildman–Crippen LogP) is 5.00. The van der Waals surface area contributed by atoms with Crippen molar-refractivity contribution in [2.45, 2.75) is 11.3 Å². The van der Waals surface area contributed by atoms with Crippen LogP contribution >= 0.6 is 23.2 Å². The number of benzene rings is 3. The zero-order valence-electron chi connectivity index (χ0n) is 15.1. The molecule has 1 aliphatic rings. The number of carbonyl (C=O) groups is 1. The van der Waals surface area contributed by atoms with E-state index in [1.165, 1.54) is 18.2 Å². The molecule has 0 fully saturated rings. The van der Waals surface area contributed by atoms with Crippen molar-refractivity contribution in [3.05, 3.63) is 87.9 Å². The van der Waals surface area contributed by atoms with E-state index in [1.807, 2.05) is 18.2 Å². The molecule has 0 atom stereocenters. The quantitative estimate of drug-likeness (QED) is 0.613. The van der Waals surface area contributed by atoms with Crippen LogP contribution in [0.3, 0.4) is 0 Å². The normalized spacial score (nSPS) is 13.2. The lowest BCUT2D eigenvalue weighted by molar-refractivity contribution is 0.0989. The van der Waals surface area contributed by atoms with Crippen LogP contribution < -0.4 is 9.62 Å². The number of nitrogens with zero attached hydrogens (tertiary/aromatic N) is 1. The molecule has 1 heterocycles. The van der Waals surface area contributed by atoms with Crippen LogP contribution in [-0.2, 0) is 16.4 Å². The van der Waals surface area contributed by atoms with Gasteiger partial charge in [0, 0.05) is 17.8 Å². The van der Waals surface area contributed by atoms with E-state index in [0.29, 0.717) is 29.2 Å². The first-order chi connectivity index (χ1) is 13.8. The van der Waals surface area contributed by atoms with Crippen molar-refractivity contribution in [3.63, 3.8) is 0 Å². The maximum atomic E-state index is 12.8. The zero-order valence-corrected chi connectivity index (χ0v) is 17.4. The van der Waals surface area contributed by atoms with Crippen molar-refractivity contribution in [1.82, 2.24) is 0 Å². The van der Waals surface area contributed by atoms with E-state index in [0.717, 1.165) is 11.3 Å². The molecule has 0 bridgehead atoms. The van der Waals surface area contributed by atoms with Crippen molar-refractivity contribution in [2.75, 3.05) is 16.2 Å². The molecule has 1 aliphatic heterocycles. The number of anilines is 2. The summed E-state index contributed by atoms with van der Waals surface area (Å²) in [6, 6.07) is 18.3. The van der Waals surface area contributed by atoms with Crippen LogP contribution in [0.5, 0.6) is 0 Å². The molecular weight excluding hydrogens is 431 g/mol. The van der Waals surface area contributed by atoms with Crippen LogP contribution in [0.15, 0.2) is 71.6 Å². The lowest BCUT2D eigenvalue weighted by atomic mass is 10.1. The Morgan fingerprint density at radius 2 is 1.69 bits per heavy atom. The van der Waals surface area contributed by atoms with Crippen molar-refractivity contribution in [3.8, 4) is 0 Å². The molecule has 29 heavy (non-hydrogen) atoms. The number of fused-ring (bicyclic) bond motifs is 1. The number of hydrogen-bond donors (Lipinski definition) is 1. The summed E-state index contributed by atoms with van der Waals surface area (Å²) in [4.78, 5) is 14.6. The minimum atomic E-state index is -3.81. The van der Waals surface area contributed by atoms with Gasteiger partial charge in [0.2, 0.25) is 0 Å². The van der Waals surface area contributed by atoms with Crippen molar-refractivity contribution in [2.24, 2.45) is 0 Å². The topological polar surface area (TPSA) is 66.5 Å². The van der Waals surface area contributed by atoms with Gasteiger partial charge in [-0.2, -0.15) is 0 Å². The second-order valence-corrected chi connectivity index (χ2v) is 9.09. The smallest absolute Gasteiger partial charge is 0.261 e. The average molecular weight is 447 g/mol. The van der Waals surface area contributed by atoms with Gasteiger partial charge in [0.05, 0.1) is 20.6 Å². The van der Waals surface area contributed by atoms with Crippen molar-refractivity contribution < 1.29 is 13.2 Å². The van der Waals surface area contributed by atoms with E-state index in [-0.39, 0.29) is 15.8 Å². The number of nitrogens with one attached hydrogen (secondary N) is 1. The Hall–Kier alpha value is -2.54. The highest BCUT2D eigenvalue weighted by Gasteiger charge is 2.27. The summed E-state index contributed by atoms with van der Waals surface area (Å²) in [7, 11) is -3.81. The molecule has 4 rings (SSSR count). The first-order valence-corrected chi connectivity index (χ1v) is 11.1. The fraction of sp³-hybridized carbons (Fsp3) is 0.0952. The third kappa shape index (κ3) is 3.96. The Labute approximate surface area is 178 Å². The molecule has 0 saturated heterocycles. The fourth-order valence-electron chi connectivity index (χ4n) is 3.27. The van der Waals surface area contributed by atoms with Crippen LogP contribution in [0, 0.1) is 0 Å². The van der Waals surface area contributed by atoms with Crippen LogP contribution in [0.25, 0.3) is 0 Å². The zero-order chi connectivity index (χ0) is 20.6. The third-order valence-corrected chi connectivity index (χ3v) is 6.81. The molecule has 3 aromatic carbocycles. The van der Waals surface area contributed by atoms with Gasteiger partial charge in [0.25, 0.3) is 15.9 Å². The van der Waals surface area contributed by atoms with Gasteiger partial charge < -0.3 is 4.90 Å². The number of halogens is 2. The van der Waals surface area contributed by atoms with Crippen molar-refractivity contribution in [1.29, 1.82) is 0 Å². The molecule has 1 N–H and O–H groups in total. The largest absolute Gasteiger partial charge is 0.308 e. The first-order valence-electron chi connectivity index (χ1n) is 8.83. The molecule has 0 spiro atoms. The van der Waals surface area contributed by atoms with E-state index in [9.17, 15) is 13.2 Å². The predicted molar refractivity (Wildman–Crippen MR) is 116 cm³/mol. The van der Waals surface area contributed by atoms with Gasteiger partial charge in [-0.25, -0.2) is 8.42 Å². The number of sulfonamides is 1. The lowest BCUT2D eigenvalue weighted by Gasteiger charge is -2.18. The molecule has 1 amide bonds. The maximum absolute atomic E-state index is 12.8. The Morgan fingerprint density at radius 3 is 2.41 bits per heavy atom. The summed E-state index contributed by atoms with van der Waals surface area (Å²) in [6.07, 6.45) is 0.587. The SMILES string of the molecule is O=C(c1ccccc1)N1CCc2cc(S(=O)(=O)Nc3ccc(Cl)c(Cl)c3)ccc21. The van der Waals surface area contributed by atoms with Gasteiger partial charge in [-0.1, -0.05) is 41.4 Å². The molecule has 0 radical (unpaired) electrons. The van der Waals surface area contributed by atoms with E-state index in [2.05, 4.69) is 4.72 Å². The van der Waals surface area contributed by atoms with Gasteiger partial charge >= 0.3 is 0 Å². The third-order valence-electron chi connectivity index (χ3n) is 4.69. The van der Waals surface area contributed by atoms with Gasteiger partial charge in [-0.05, 0) is 60.5 Å². The monoisotopic (exact) mass is 446 g/mol. The van der Waals surface area contributed by atoms with Gasteiger partial charge in [0.1, 0.15) is 0 Å². The minimum absolute atomic E-state index is 0.103. The summed E-state index contributed by atoms with van der Waals surface area (Å²) in [6.45, 7) is 0.507. The van der Waals surface area contributed by atoms with Crippen LogP contribution in [-0.4, -0.2) is 20.9 Å². The fourth-order valence-corrected chi connectivity index (χ4v) is 4.66. The first kappa shape index (κ1) is 19.8. The molecule has 5 nitrogen and oxygen atoms in total. The van der Waals surface area contributed by atoms with Crippen LogP contribution in [0.2, 0.25) is 10.0 Å². The highest BCUT2D eigenvalue weighted by Crippen LogP contribution is 2.32. The van der Waals surface area contributed by atoms with Crippen LogP contribution in [0.4, 0.5) is 11.4 Å². The standard InChI is InChI=1S/C21H16Cl2N2O3S/c22-18-8-6-16(13-19(18)23)24-29(27,28)17-7-9-20-15(12-17)10-11-25(20)21(26)14-4-2-1-3-5-14/h1-9,12-13,24H,10-11H2. The number of hydrogen-bond acceptors (Lipinski definition) is 3. The molecule has 0 unspecified atom stereocenters. The number of carbonyl (C=O) groups excluding carboxylic acids is 1. The van der Waals surface area contributed by atoms with Crippen LogP contribution in [0.1, 0.15) is 15.9 Å². The molecule has 148 valence electrons. The molecular formula is C21H16Cl2N2O3S. The highest BCUT2D eigenvalue weighted by molar-refractivity contribution is 7.92. The summed E-state index contributed by atoms with van der Waals surface area (Å²) in [5.41, 5.74) is 2.46. The average Bonchev–Trinajstić information content (AvgIpc) is 3.14. The van der Waals surface area contributed by atoms with E-state index in [1.54, 1.807) is 35.2 Å². The Bertz CT molecular complexity index is 1200. The molecule has 0 aliphatic carbocycles. The maximum Gasteiger partial charge on any atom is 0.261 e. The Balaban J connectivity index is 1.60. The lowest BCUT2D eigenvalue weighted by Crippen LogP contribution is -2.28. The molecule has 3 aromatic rings. The highest BCUT2D eigenvalue weighted by atomic mass is 35.5. The summed E-state index contributed by atoms with van der Waals surface area (Å²) < 4.78 is 28.0. The van der Waals surface area contributed by atoms with E-state index >= 15 is 0 Å². The summed E-state index contributed by atoms with van der Waals surface area (Å²) >= 11 is 11.8. The van der Waals surface area contributed by atoms with Gasteiger partial charge in [-0.3, -0.25) is 9.52 Å². The number of rotatable bonds is 4. The van der Waals surface area contributed by atoms with Gasteiger partial charge in [-0.15, -0.1) is 0 Å². The molecule has 8 heteroatoms. The summed E-state index contributed by atoms with van der Waals surface area (Å²) in [5, 5.41) is 0.603. The second-order valence-electron chi connectivity index (χ2n) is 6.60. The Kier molecular flexibility index (Phi) is 5.25. The summed E-state index contributed by atoms with van der Waals surface area (Å²) in [5.74, 6) is -0.103. The molecule has 0 aromatic heterocycles. The number of amides is 1.